The second-order valence-corrected chi connectivity index (χ2v) is 4.26. The molecule has 0 bridgehead atoms. The number of hydrogen-bond donors (Lipinski definition) is 1. The standard InChI is InChI=1S/C11H23ClO2/c1-3-4-5-6-10(2)8-14-9-11(13)7-12/h10-11,13H,3-9H2,1-2H3. The summed E-state index contributed by atoms with van der Waals surface area (Å²) in [5.74, 6) is 0.841. The fraction of sp³-hybridized carbons (Fsp3) is 1.00. The van der Waals surface area contributed by atoms with Crippen LogP contribution in [-0.4, -0.2) is 30.3 Å². The van der Waals surface area contributed by atoms with Gasteiger partial charge in [-0.05, 0) is 12.3 Å². The van der Waals surface area contributed by atoms with Crippen LogP contribution in [0.5, 0.6) is 0 Å². The van der Waals surface area contributed by atoms with Crippen molar-refractivity contribution in [2.24, 2.45) is 5.92 Å². The van der Waals surface area contributed by atoms with Crippen molar-refractivity contribution in [1.82, 2.24) is 0 Å². The lowest BCUT2D eigenvalue weighted by Gasteiger charge is -2.13. The number of halogens is 1. The van der Waals surface area contributed by atoms with Gasteiger partial charge in [0.05, 0.1) is 18.6 Å². The Balaban J connectivity index is 3.21. The smallest absolute Gasteiger partial charge is 0.0908 e. The van der Waals surface area contributed by atoms with Crippen LogP contribution in [0.25, 0.3) is 0 Å². The lowest BCUT2D eigenvalue weighted by molar-refractivity contribution is 0.0318. The van der Waals surface area contributed by atoms with E-state index in [0.717, 1.165) is 6.61 Å². The van der Waals surface area contributed by atoms with E-state index in [9.17, 15) is 0 Å². The minimum atomic E-state index is -0.514. The number of rotatable bonds is 9. The molecule has 0 radical (unpaired) electrons. The van der Waals surface area contributed by atoms with Crippen molar-refractivity contribution < 1.29 is 9.84 Å². The highest BCUT2D eigenvalue weighted by atomic mass is 35.5. The molecule has 1 N–H and O–H groups in total. The van der Waals surface area contributed by atoms with Gasteiger partial charge in [-0.2, -0.15) is 0 Å². The van der Waals surface area contributed by atoms with Crippen LogP contribution in [-0.2, 0) is 4.74 Å². The summed E-state index contributed by atoms with van der Waals surface area (Å²) in [6, 6.07) is 0. The maximum Gasteiger partial charge on any atom is 0.0908 e. The predicted molar refractivity (Wildman–Crippen MR) is 60.9 cm³/mol. The summed E-state index contributed by atoms with van der Waals surface area (Å²) in [5, 5.41) is 9.13. The minimum absolute atomic E-state index is 0.254. The van der Waals surface area contributed by atoms with E-state index in [1.807, 2.05) is 0 Å². The van der Waals surface area contributed by atoms with Crippen LogP contribution >= 0.6 is 11.6 Å². The molecule has 86 valence electrons. The van der Waals surface area contributed by atoms with Crippen LogP contribution in [0.15, 0.2) is 0 Å². The fourth-order valence-electron chi connectivity index (χ4n) is 1.28. The molecule has 0 aromatic heterocycles. The number of ether oxygens (including phenoxy) is 1. The Labute approximate surface area is 92.6 Å². The molecule has 0 aliphatic heterocycles. The maximum atomic E-state index is 9.13. The summed E-state index contributed by atoms with van der Waals surface area (Å²) in [6.07, 6.45) is 4.54. The van der Waals surface area contributed by atoms with Crippen molar-refractivity contribution in [1.29, 1.82) is 0 Å². The lowest BCUT2D eigenvalue weighted by Crippen LogP contribution is -2.19. The van der Waals surface area contributed by atoms with Crippen LogP contribution in [0.2, 0.25) is 0 Å². The SMILES string of the molecule is CCCCCC(C)COCC(O)CCl. The van der Waals surface area contributed by atoms with E-state index in [4.69, 9.17) is 21.4 Å². The summed E-state index contributed by atoms with van der Waals surface area (Å²) in [5.41, 5.74) is 0. The number of hydrogen-bond acceptors (Lipinski definition) is 2. The normalized spacial score (nSPS) is 15.4. The topological polar surface area (TPSA) is 29.5 Å². The molecule has 0 saturated carbocycles. The van der Waals surface area contributed by atoms with Crippen LogP contribution in [0, 0.1) is 5.92 Å². The second-order valence-electron chi connectivity index (χ2n) is 3.95. The highest BCUT2D eigenvalue weighted by Gasteiger charge is 2.05. The van der Waals surface area contributed by atoms with Gasteiger partial charge in [0.25, 0.3) is 0 Å². The van der Waals surface area contributed by atoms with E-state index < -0.39 is 6.10 Å². The molecule has 0 aromatic carbocycles. The maximum absolute atomic E-state index is 9.13. The predicted octanol–water partition coefficient (Wildman–Crippen LogP) is 2.82. The average molecular weight is 223 g/mol. The summed E-state index contributed by atoms with van der Waals surface area (Å²) in [4.78, 5) is 0. The molecule has 0 aromatic rings. The summed E-state index contributed by atoms with van der Waals surface area (Å²) >= 11 is 5.44. The number of alkyl halides is 1. The van der Waals surface area contributed by atoms with Crippen molar-refractivity contribution >= 4 is 11.6 Å². The first-order chi connectivity index (χ1) is 6.70. The fourth-order valence-corrected chi connectivity index (χ4v) is 1.37. The van der Waals surface area contributed by atoms with E-state index in [0.29, 0.717) is 12.5 Å². The molecule has 0 aliphatic carbocycles. The summed E-state index contributed by atoms with van der Waals surface area (Å²) in [6.45, 7) is 5.49. The summed E-state index contributed by atoms with van der Waals surface area (Å²) < 4.78 is 5.34. The van der Waals surface area contributed by atoms with Gasteiger partial charge >= 0.3 is 0 Å². The molecule has 0 heterocycles. The van der Waals surface area contributed by atoms with Crippen molar-refractivity contribution in [3.8, 4) is 0 Å². The molecule has 2 atom stereocenters. The highest BCUT2D eigenvalue weighted by Crippen LogP contribution is 2.09. The second kappa shape index (κ2) is 9.75. The largest absolute Gasteiger partial charge is 0.389 e. The molecular formula is C11H23ClO2. The van der Waals surface area contributed by atoms with Gasteiger partial charge in [0.2, 0.25) is 0 Å². The molecule has 0 amide bonds. The molecular weight excluding hydrogens is 200 g/mol. The highest BCUT2D eigenvalue weighted by molar-refractivity contribution is 6.18. The third-order valence-corrected chi connectivity index (χ3v) is 2.55. The zero-order valence-electron chi connectivity index (χ0n) is 9.34. The van der Waals surface area contributed by atoms with E-state index >= 15 is 0 Å². The van der Waals surface area contributed by atoms with Crippen LogP contribution in [0.1, 0.15) is 39.5 Å². The first kappa shape index (κ1) is 14.2. The van der Waals surface area contributed by atoms with Gasteiger partial charge in [0, 0.05) is 6.61 Å². The average Bonchev–Trinajstić information content (AvgIpc) is 2.18. The number of aliphatic hydroxyl groups is 1. The van der Waals surface area contributed by atoms with Gasteiger partial charge in [0.15, 0.2) is 0 Å². The van der Waals surface area contributed by atoms with E-state index in [2.05, 4.69) is 13.8 Å². The van der Waals surface area contributed by atoms with Gasteiger partial charge < -0.3 is 9.84 Å². The van der Waals surface area contributed by atoms with Gasteiger partial charge in [-0.1, -0.05) is 33.1 Å². The van der Waals surface area contributed by atoms with Crippen molar-refractivity contribution in [2.45, 2.75) is 45.6 Å². The van der Waals surface area contributed by atoms with Crippen molar-refractivity contribution in [2.75, 3.05) is 19.1 Å². The monoisotopic (exact) mass is 222 g/mol. The van der Waals surface area contributed by atoms with E-state index in [1.54, 1.807) is 0 Å². The van der Waals surface area contributed by atoms with Crippen molar-refractivity contribution in [3.05, 3.63) is 0 Å². The Morgan fingerprint density at radius 1 is 1.29 bits per heavy atom. The number of unbranched alkanes of at least 4 members (excludes halogenated alkanes) is 2. The first-order valence-electron chi connectivity index (χ1n) is 5.52. The zero-order valence-corrected chi connectivity index (χ0v) is 10.1. The van der Waals surface area contributed by atoms with E-state index in [-0.39, 0.29) is 5.88 Å². The van der Waals surface area contributed by atoms with Crippen LogP contribution in [0.3, 0.4) is 0 Å². The van der Waals surface area contributed by atoms with Gasteiger partial charge in [-0.3, -0.25) is 0 Å². The first-order valence-corrected chi connectivity index (χ1v) is 6.05. The molecule has 0 saturated heterocycles. The van der Waals surface area contributed by atoms with Crippen molar-refractivity contribution in [3.63, 3.8) is 0 Å². The van der Waals surface area contributed by atoms with Gasteiger partial charge in [-0.25, -0.2) is 0 Å². The molecule has 2 nitrogen and oxygen atoms in total. The quantitative estimate of drug-likeness (QED) is 0.480. The van der Waals surface area contributed by atoms with E-state index in [1.165, 1.54) is 25.7 Å². The van der Waals surface area contributed by atoms with Gasteiger partial charge in [-0.15, -0.1) is 11.6 Å². The van der Waals surface area contributed by atoms with Gasteiger partial charge in [0.1, 0.15) is 0 Å². The Hall–Kier alpha value is 0.210. The molecule has 14 heavy (non-hydrogen) atoms. The Bertz CT molecular complexity index is 120. The Kier molecular flexibility index (Phi) is 9.90. The molecule has 0 rings (SSSR count). The third-order valence-electron chi connectivity index (χ3n) is 2.19. The molecule has 2 unspecified atom stereocenters. The molecule has 3 heteroatoms. The zero-order chi connectivity index (χ0) is 10.8. The van der Waals surface area contributed by atoms with Crippen LogP contribution < -0.4 is 0 Å². The summed E-state index contributed by atoms with van der Waals surface area (Å²) in [7, 11) is 0. The molecule has 0 fully saturated rings. The Morgan fingerprint density at radius 2 is 2.00 bits per heavy atom. The third kappa shape index (κ3) is 8.79. The minimum Gasteiger partial charge on any atom is -0.389 e. The molecule has 0 aliphatic rings. The Morgan fingerprint density at radius 3 is 2.57 bits per heavy atom. The lowest BCUT2D eigenvalue weighted by atomic mass is 10.0. The van der Waals surface area contributed by atoms with Crippen LogP contribution in [0.4, 0.5) is 0 Å². The molecule has 0 spiro atoms. The number of aliphatic hydroxyl groups excluding tert-OH is 1.